The number of benzene rings is 1. The Balaban J connectivity index is 1.69. The molecule has 0 bridgehead atoms. The number of rotatable bonds is 5. The number of hydrogen-bond acceptors (Lipinski definition) is 3. The lowest BCUT2D eigenvalue weighted by Gasteiger charge is -2.10. The minimum Gasteiger partial charge on any atom is -0.382 e. The average Bonchev–Trinajstić information content (AvgIpc) is 2.97. The van der Waals surface area contributed by atoms with Crippen molar-refractivity contribution >= 4 is 17.3 Å². The Bertz CT molecular complexity index is 709. The van der Waals surface area contributed by atoms with Crippen molar-refractivity contribution in [1.82, 2.24) is 14.5 Å². The normalized spacial score (nSPS) is 10.5. The first-order chi connectivity index (χ1) is 10.3. The van der Waals surface area contributed by atoms with Gasteiger partial charge in [0.05, 0.1) is 5.69 Å². The highest BCUT2D eigenvalue weighted by molar-refractivity contribution is 6.30. The van der Waals surface area contributed by atoms with Crippen molar-refractivity contribution in [2.75, 3.05) is 11.9 Å². The van der Waals surface area contributed by atoms with Crippen molar-refractivity contribution in [3.63, 3.8) is 0 Å². The van der Waals surface area contributed by atoms with Crippen LogP contribution < -0.4 is 5.32 Å². The topological polar surface area (TPSA) is 42.7 Å². The highest BCUT2D eigenvalue weighted by Crippen LogP contribution is 2.21. The average molecular weight is 299 g/mol. The third kappa shape index (κ3) is 3.41. The molecular weight excluding hydrogens is 284 g/mol. The van der Waals surface area contributed by atoms with E-state index >= 15 is 0 Å². The van der Waals surface area contributed by atoms with Gasteiger partial charge in [0.1, 0.15) is 5.82 Å². The van der Waals surface area contributed by atoms with E-state index in [4.69, 9.17) is 11.6 Å². The van der Waals surface area contributed by atoms with Crippen LogP contribution in [0.2, 0.25) is 5.02 Å². The number of halogens is 1. The van der Waals surface area contributed by atoms with Gasteiger partial charge in [0, 0.05) is 48.5 Å². The zero-order chi connectivity index (χ0) is 14.5. The van der Waals surface area contributed by atoms with E-state index in [9.17, 15) is 0 Å². The lowest BCUT2D eigenvalue weighted by molar-refractivity contribution is 0.735. The van der Waals surface area contributed by atoms with Crippen LogP contribution >= 0.6 is 11.6 Å². The van der Waals surface area contributed by atoms with Crippen LogP contribution in [-0.2, 0) is 6.54 Å². The van der Waals surface area contributed by atoms with Crippen LogP contribution in [0.3, 0.4) is 0 Å². The van der Waals surface area contributed by atoms with Crippen molar-refractivity contribution in [3.8, 4) is 11.4 Å². The van der Waals surface area contributed by atoms with Gasteiger partial charge in [-0.05, 0) is 24.3 Å². The Morgan fingerprint density at radius 1 is 1.14 bits per heavy atom. The fourth-order valence-corrected chi connectivity index (χ4v) is 2.36. The third-order valence-electron chi connectivity index (χ3n) is 3.14. The molecule has 5 heteroatoms. The molecule has 0 aliphatic rings. The van der Waals surface area contributed by atoms with Gasteiger partial charge in [-0.25, -0.2) is 4.98 Å². The van der Waals surface area contributed by atoms with E-state index < -0.39 is 0 Å². The molecule has 0 aliphatic carbocycles. The second kappa shape index (κ2) is 6.41. The van der Waals surface area contributed by atoms with E-state index in [0.717, 1.165) is 35.2 Å². The van der Waals surface area contributed by atoms with Gasteiger partial charge in [-0.3, -0.25) is 4.98 Å². The highest BCUT2D eigenvalue weighted by Gasteiger charge is 2.06. The summed E-state index contributed by atoms with van der Waals surface area (Å²) in [4.78, 5) is 8.50. The molecule has 2 aromatic heterocycles. The standard InChI is InChI=1S/C16H15ClN4/c17-14-4-1-3-13(11-14)16-20-8-10-21(16)9-7-19-15-5-2-6-18-12-15/h1-6,8,10-12,19H,7,9H2. The van der Waals surface area contributed by atoms with E-state index in [2.05, 4.69) is 19.9 Å². The Morgan fingerprint density at radius 2 is 2.10 bits per heavy atom. The van der Waals surface area contributed by atoms with Gasteiger partial charge in [0.25, 0.3) is 0 Å². The maximum atomic E-state index is 6.04. The Hall–Kier alpha value is -2.33. The molecule has 3 aromatic rings. The molecule has 21 heavy (non-hydrogen) atoms. The number of imidazole rings is 1. The van der Waals surface area contributed by atoms with Gasteiger partial charge in [-0.15, -0.1) is 0 Å². The van der Waals surface area contributed by atoms with Crippen molar-refractivity contribution in [2.45, 2.75) is 6.54 Å². The summed E-state index contributed by atoms with van der Waals surface area (Å²) in [5, 5.41) is 4.05. The third-order valence-corrected chi connectivity index (χ3v) is 3.38. The maximum Gasteiger partial charge on any atom is 0.139 e. The monoisotopic (exact) mass is 298 g/mol. The van der Waals surface area contributed by atoms with Crippen LogP contribution in [-0.4, -0.2) is 21.1 Å². The Kier molecular flexibility index (Phi) is 4.17. The summed E-state index contributed by atoms with van der Waals surface area (Å²) in [6, 6.07) is 11.6. The van der Waals surface area contributed by atoms with Crippen molar-refractivity contribution < 1.29 is 0 Å². The first-order valence-electron chi connectivity index (χ1n) is 6.74. The number of aromatic nitrogens is 3. The molecule has 0 spiro atoms. The Labute approximate surface area is 128 Å². The molecule has 106 valence electrons. The molecule has 0 radical (unpaired) electrons. The Morgan fingerprint density at radius 3 is 2.90 bits per heavy atom. The molecule has 1 N–H and O–H groups in total. The molecule has 0 fully saturated rings. The molecule has 0 atom stereocenters. The second-order valence-electron chi connectivity index (χ2n) is 4.62. The van der Waals surface area contributed by atoms with Crippen molar-refractivity contribution in [1.29, 1.82) is 0 Å². The highest BCUT2D eigenvalue weighted by atomic mass is 35.5. The minimum atomic E-state index is 0.718. The van der Waals surface area contributed by atoms with Crippen LogP contribution in [0.25, 0.3) is 11.4 Å². The number of pyridine rings is 1. The summed E-state index contributed by atoms with van der Waals surface area (Å²) in [7, 11) is 0. The number of hydrogen-bond donors (Lipinski definition) is 1. The van der Waals surface area contributed by atoms with Crippen LogP contribution in [0.15, 0.2) is 61.2 Å². The number of nitrogens with one attached hydrogen (secondary N) is 1. The van der Waals surface area contributed by atoms with E-state index in [-0.39, 0.29) is 0 Å². The molecule has 1 aromatic carbocycles. The molecule has 0 amide bonds. The van der Waals surface area contributed by atoms with Gasteiger partial charge in [-0.1, -0.05) is 23.7 Å². The summed E-state index contributed by atoms with van der Waals surface area (Å²) in [6.07, 6.45) is 7.35. The van der Waals surface area contributed by atoms with E-state index in [1.807, 2.05) is 48.8 Å². The summed E-state index contributed by atoms with van der Waals surface area (Å²) < 4.78 is 2.11. The molecule has 3 rings (SSSR count). The SMILES string of the molecule is Clc1cccc(-c2nccn2CCNc2cccnc2)c1. The van der Waals surface area contributed by atoms with Crippen LogP contribution in [0, 0.1) is 0 Å². The van der Waals surface area contributed by atoms with Gasteiger partial charge in [0.15, 0.2) is 0 Å². The largest absolute Gasteiger partial charge is 0.382 e. The second-order valence-corrected chi connectivity index (χ2v) is 5.06. The number of nitrogens with zero attached hydrogens (tertiary/aromatic N) is 3. The fourth-order valence-electron chi connectivity index (χ4n) is 2.17. The van der Waals surface area contributed by atoms with Gasteiger partial charge >= 0.3 is 0 Å². The first-order valence-corrected chi connectivity index (χ1v) is 7.12. The number of anilines is 1. The molecule has 2 heterocycles. The predicted octanol–water partition coefficient (Wildman–Crippen LogP) is 3.71. The van der Waals surface area contributed by atoms with Crippen molar-refractivity contribution in [3.05, 3.63) is 66.2 Å². The lowest BCUT2D eigenvalue weighted by atomic mass is 10.2. The van der Waals surface area contributed by atoms with E-state index in [1.165, 1.54) is 0 Å². The van der Waals surface area contributed by atoms with E-state index in [0.29, 0.717) is 0 Å². The summed E-state index contributed by atoms with van der Waals surface area (Å²) >= 11 is 6.04. The molecule has 4 nitrogen and oxygen atoms in total. The summed E-state index contributed by atoms with van der Waals surface area (Å²) in [5.41, 5.74) is 2.04. The molecule has 0 saturated carbocycles. The quantitative estimate of drug-likeness (QED) is 0.781. The maximum absolute atomic E-state index is 6.04. The molecule has 0 saturated heterocycles. The fraction of sp³-hybridized carbons (Fsp3) is 0.125. The van der Waals surface area contributed by atoms with Crippen molar-refractivity contribution in [2.24, 2.45) is 0 Å². The summed E-state index contributed by atoms with van der Waals surface area (Å²) in [6.45, 7) is 1.62. The first kappa shape index (κ1) is 13.6. The van der Waals surface area contributed by atoms with Crippen LogP contribution in [0.5, 0.6) is 0 Å². The minimum absolute atomic E-state index is 0.718. The lowest BCUT2D eigenvalue weighted by Crippen LogP contribution is -2.11. The molecule has 0 aliphatic heterocycles. The zero-order valence-electron chi connectivity index (χ0n) is 11.4. The smallest absolute Gasteiger partial charge is 0.139 e. The van der Waals surface area contributed by atoms with Crippen LogP contribution in [0.4, 0.5) is 5.69 Å². The zero-order valence-corrected chi connectivity index (χ0v) is 12.2. The van der Waals surface area contributed by atoms with Gasteiger partial charge in [-0.2, -0.15) is 0 Å². The molecular formula is C16H15ClN4. The van der Waals surface area contributed by atoms with Gasteiger partial charge < -0.3 is 9.88 Å². The van der Waals surface area contributed by atoms with Gasteiger partial charge in [0.2, 0.25) is 0 Å². The van der Waals surface area contributed by atoms with E-state index in [1.54, 1.807) is 12.4 Å². The predicted molar refractivity (Wildman–Crippen MR) is 85.4 cm³/mol. The molecule has 0 unspecified atom stereocenters. The van der Waals surface area contributed by atoms with Crippen LogP contribution in [0.1, 0.15) is 0 Å². The summed E-state index contributed by atoms with van der Waals surface area (Å²) in [5.74, 6) is 0.922.